The molecule has 0 N–H and O–H groups in total. The molecule has 0 spiro atoms. The van der Waals surface area contributed by atoms with E-state index >= 15 is 0 Å². The number of hydrogen-bond donors (Lipinski definition) is 0. The van der Waals surface area contributed by atoms with Gasteiger partial charge in [-0.3, -0.25) is 14.9 Å². The Kier molecular flexibility index (Phi) is 8.53. The Morgan fingerprint density at radius 3 is 2.59 bits per heavy atom. The van der Waals surface area contributed by atoms with Crippen LogP contribution in [0.5, 0.6) is 5.75 Å². The van der Waals surface area contributed by atoms with Gasteiger partial charge in [-0.15, -0.1) is 0 Å². The third kappa shape index (κ3) is 6.27. The first-order valence-corrected chi connectivity index (χ1v) is 13.0. The Bertz CT molecular complexity index is 1340. The van der Waals surface area contributed by atoms with E-state index in [4.69, 9.17) is 9.47 Å². The van der Waals surface area contributed by atoms with Crippen molar-refractivity contribution in [3.63, 3.8) is 0 Å². The molecule has 0 unspecified atom stereocenters. The van der Waals surface area contributed by atoms with Gasteiger partial charge in [0.2, 0.25) is 5.91 Å². The van der Waals surface area contributed by atoms with Gasteiger partial charge < -0.3 is 14.0 Å². The number of carbonyl (C=O) groups excluding carboxylic acids is 1. The number of sulfone groups is 1. The molecule has 1 aromatic heterocycles. The molecule has 1 heterocycles. The van der Waals surface area contributed by atoms with Crippen molar-refractivity contribution in [2.45, 2.75) is 31.2 Å². The van der Waals surface area contributed by atoms with E-state index in [0.29, 0.717) is 40.5 Å². The van der Waals surface area contributed by atoms with Crippen LogP contribution in [-0.4, -0.2) is 49.9 Å². The van der Waals surface area contributed by atoms with Crippen LogP contribution in [0.15, 0.2) is 52.4 Å². The van der Waals surface area contributed by atoms with Crippen LogP contribution in [0, 0.1) is 10.1 Å². The minimum atomic E-state index is -3.54. The van der Waals surface area contributed by atoms with Gasteiger partial charge in [-0.05, 0) is 43.7 Å². The van der Waals surface area contributed by atoms with E-state index < -0.39 is 20.7 Å². The lowest BCUT2D eigenvalue weighted by Gasteiger charge is -2.06. The summed E-state index contributed by atoms with van der Waals surface area (Å²) in [6.07, 6.45) is 0.0707. The summed E-state index contributed by atoms with van der Waals surface area (Å²) >= 11 is 1.17. The van der Waals surface area contributed by atoms with Crippen LogP contribution in [0.3, 0.4) is 0 Å². The molecule has 3 rings (SSSR count). The lowest BCUT2D eigenvalue weighted by atomic mass is 10.3. The number of amides is 1. The minimum absolute atomic E-state index is 0.0464. The molecular formula is C22H25N3O7S2. The number of non-ortho nitro benzene ring substituents is 1. The summed E-state index contributed by atoms with van der Waals surface area (Å²) in [5.74, 6) is -0.0980. The highest BCUT2D eigenvalue weighted by Gasteiger charge is 2.16. The molecule has 0 fully saturated rings. The second kappa shape index (κ2) is 11.4. The van der Waals surface area contributed by atoms with Crippen LogP contribution >= 0.6 is 11.3 Å². The highest BCUT2D eigenvalue weighted by Crippen LogP contribution is 2.23. The van der Waals surface area contributed by atoms with Crippen LogP contribution in [-0.2, 0) is 25.9 Å². The summed E-state index contributed by atoms with van der Waals surface area (Å²) < 4.78 is 37.9. The second-order valence-corrected chi connectivity index (χ2v) is 10.4. The third-order valence-corrected chi connectivity index (χ3v) is 7.84. The first kappa shape index (κ1) is 25.5. The molecule has 182 valence electrons. The number of nitro groups is 1. The van der Waals surface area contributed by atoms with E-state index in [1.165, 1.54) is 42.7 Å². The Hall–Kier alpha value is -3.09. The fourth-order valence-corrected chi connectivity index (χ4v) is 5.67. The van der Waals surface area contributed by atoms with Gasteiger partial charge in [0.05, 0.1) is 39.5 Å². The van der Waals surface area contributed by atoms with E-state index in [1.54, 1.807) is 22.8 Å². The highest BCUT2D eigenvalue weighted by molar-refractivity contribution is 7.91. The average molecular weight is 508 g/mol. The number of aromatic nitrogens is 1. The second-order valence-electron chi connectivity index (χ2n) is 7.25. The number of fused-ring (bicyclic) bond motifs is 1. The van der Waals surface area contributed by atoms with Gasteiger partial charge in [0.25, 0.3) is 5.69 Å². The standard InChI is InChI=1S/C22H25N3O7S2/c1-3-32-13-12-24-19-11-6-16(25(27)28)15-20(19)33-22(24)23-21(26)5-4-14-34(29,30)18-9-7-17(31-2)8-10-18/h6-11,15H,3-5,12-14H2,1-2H3. The van der Waals surface area contributed by atoms with Gasteiger partial charge in [-0.1, -0.05) is 11.3 Å². The maximum atomic E-state index is 12.5. The smallest absolute Gasteiger partial charge is 0.270 e. The van der Waals surface area contributed by atoms with Crippen LogP contribution in [0.2, 0.25) is 0 Å². The van der Waals surface area contributed by atoms with Gasteiger partial charge >= 0.3 is 0 Å². The third-order valence-electron chi connectivity index (χ3n) is 4.98. The summed E-state index contributed by atoms with van der Waals surface area (Å²) in [4.78, 5) is 27.9. The fourth-order valence-electron chi connectivity index (χ4n) is 3.25. The van der Waals surface area contributed by atoms with E-state index in [0.717, 1.165) is 0 Å². The molecule has 12 heteroatoms. The predicted molar refractivity (Wildman–Crippen MR) is 128 cm³/mol. The molecule has 0 radical (unpaired) electrons. The number of rotatable bonds is 11. The average Bonchev–Trinajstić information content (AvgIpc) is 3.15. The maximum Gasteiger partial charge on any atom is 0.270 e. The van der Waals surface area contributed by atoms with E-state index in [9.17, 15) is 23.3 Å². The number of carbonyl (C=O) groups is 1. The SMILES string of the molecule is CCOCCn1c(=NC(=O)CCCS(=O)(=O)c2ccc(OC)cc2)sc2cc([N+](=O)[O-])ccc21. The van der Waals surface area contributed by atoms with Gasteiger partial charge in [-0.2, -0.15) is 4.99 Å². The summed E-state index contributed by atoms with van der Waals surface area (Å²) in [7, 11) is -2.05. The summed E-state index contributed by atoms with van der Waals surface area (Å²) in [5.41, 5.74) is 0.663. The lowest BCUT2D eigenvalue weighted by molar-refractivity contribution is -0.384. The molecule has 0 saturated heterocycles. The van der Waals surface area contributed by atoms with Gasteiger partial charge in [-0.25, -0.2) is 8.42 Å². The van der Waals surface area contributed by atoms with Crippen LogP contribution in [0.25, 0.3) is 10.2 Å². The van der Waals surface area contributed by atoms with Crippen LogP contribution in [0.1, 0.15) is 19.8 Å². The summed E-state index contributed by atoms with van der Waals surface area (Å²) in [6, 6.07) is 10.6. The largest absolute Gasteiger partial charge is 0.497 e. The predicted octanol–water partition coefficient (Wildman–Crippen LogP) is 3.34. The number of benzene rings is 2. The summed E-state index contributed by atoms with van der Waals surface area (Å²) in [6.45, 7) is 3.21. The number of thiazole rings is 1. The zero-order chi connectivity index (χ0) is 24.7. The van der Waals surface area contributed by atoms with Crippen molar-refractivity contribution < 1.29 is 27.6 Å². The van der Waals surface area contributed by atoms with Crippen molar-refractivity contribution >= 4 is 43.0 Å². The monoisotopic (exact) mass is 507 g/mol. The van der Waals surface area contributed by atoms with Crippen molar-refractivity contribution in [3.8, 4) is 5.75 Å². The molecule has 3 aromatic rings. The zero-order valence-corrected chi connectivity index (χ0v) is 20.4. The molecule has 0 atom stereocenters. The Labute approximate surface area is 200 Å². The number of methoxy groups -OCH3 is 1. The number of nitro benzene ring substituents is 1. The molecule has 0 bridgehead atoms. The minimum Gasteiger partial charge on any atom is -0.497 e. The first-order chi connectivity index (χ1) is 16.2. The molecule has 2 aromatic carbocycles. The molecule has 10 nitrogen and oxygen atoms in total. The Morgan fingerprint density at radius 2 is 1.94 bits per heavy atom. The fraction of sp³-hybridized carbons (Fsp3) is 0.364. The Balaban J connectivity index is 1.76. The molecular weight excluding hydrogens is 482 g/mol. The quantitative estimate of drug-likeness (QED) is 0.221. The van der Waals surface area contributed by atoms with Crippen molar-refractivity contribution in [3.05, 3.63) is 57.4 Å². The number of ether oxygens (including phenoxy) is 2. The van der Waals surface area contributed by atoms with Gasteiger partial charge in [0.15, 0.2) is 14.6 Å². The van der Waals surface area contributed by atoms with Crippen molar-refractivity contribution in [2.24, 2.45) is 4.99 Å². The van der Waals surface area contributed by atoms with Gasteiger partial charge in [0, 0.05) is 31.7 Å². The topological polar surface area (TPSA) is 130 Å². The van der Waals surface area contributed by atoms with Crippen LogP contribution < -0.4 is 9.54 Å². The highest BCUT2D eigenvalue weighted by atomic mass is 32.2. The molecule has 0 aliphatic carbocycles. The van der Waals surface area contributed by atoms with Crippen molar-refractivity contribution in [2.75, 3.05) is 26.1 Å². The van der Waals surface area contributed by atoms with E-state index in [-0.39, 0.29) is 29.2 Å². The van der Waals surface area contributed by atoms with Crippen molar-refractivity contribution in [1.29, 1.82) is 0 Å². The van der Waals surface area contributed by atoms with E-state index in [2.05, 4.69) is 4.99 Å². The number of hydrogen-bond acceptors (Lipinski definition) is 8. The molecule has 34 heavy (non-hydrogen) atoms. The lowest BCUT2D eigenvalue weighted by Crippen LogP contribution is -2.20. The van der Waals surface area contributed by atoms with E-state index in [1.807, 2.05) is 6.92 Å². The Morgan fingerprint density at radius 1 is 1.21 bits per heavy atom. The molecule has 0 saturated carbocycles. The zero-order valence-electron chi connectivity index (χ0n) is 18.8. The normalized spacial score (nSPS) is 12.2. The maximum absolute atomic E-state index is 12.5. The molecule has 1 amide bonds. The van der Waals surface area contributed by atoms with Crippen LogP contribution in [0.4, 0.5) is 5.69 Å². The summed E-state index contributed by atoms with van der Waals surface area (Å²) in [5, 5.41) is 11.1. The van der Waals surface area contributed by atoms with Gasteiger partial charge in [0.1, 0.15) is 5.75 Å². The van der Waals surface area contributed by atoms with Crippen molar-refractivity contribution in [1.82, 2.24) is 4.57 Å². The molecule has 0 aliphatic rings. The first-order valence-electron chi connectivity index (χ1n) is 10.5. The molecule has 0 aliphatic heterocycles. The number of nitrogens with zero attached hydrogens (tertiary/aromatic N) is 3.